The van der Waals surface area contributed by atoms with E-state index in [9.17, 15) is 14.4 Å². The number of imidazole rings is 1. The molecule has 1 amide bonds. The number of nitrogens with zero attached hydrogens (tertiary/aromatic N) is 4. The van der Waals surface area contributed by atoms with Crippen LogP contribution in [0.1, 0.15) is 103 Å². The Morgan fingerprint density at radius 1 is 0.853 bits per heavy atom. The third kappa shape index (κ3) is 8.76. The van der Waals surface area contributed by atoms with Gasteiger partial charge in [-0.3, -0.25) is 18.7 Å². The summed E-state index contributed by atoms with van der Waals surface area (Å²) in [5.74, 6) is 0.194. The van der Waals surface area contributed by atoms with Crippen molar-refractivity contribution in [3.63, 3.8) is 0 Å². The summed E-state index contributed by atoms with van der Waals surface area (Å²) in [6, 6.07) is 0. The van der Waals surface area contributed by atoms with Crippen molar-refractivity contribution in [1.82, 2.24) is 24.0 Å². The van der Waals surface area contributed by atoms with Crippen LogP contribution in [0.3, 0.4) is 0 Å². The lowest BCUT2D eigenvalue weighted by Crippen LogP contribution is -2.39. The largest absolute Gasteiger partial charge is 0.356 e. The fourth-order valence-electron chi connectivity index (χ4n) is 4.43. The van der Waals surface area contributed by atoms with Crippen molar-refractivity contribution in [1.29, 1.82) is 0 Å². The lowest BCUT2D eigenvalue weighted by atomic mass is 10.1. The van der Waals surface area contributed by atoms with Gasteiger partial charge in [-0.05, 0) is 19.3 Å². The molecule has 0 aliphatic heterocycles. The van der Waals surface area contributed by atoms with Crippen molar-refractivity contribution < 1.29 is 4.79 Å². The van der Waals surface area contributed by atoms with Crippen LogP contribution < -0.4 is 16.6 Å². The van der Waals surface area contributed by atoms with Gasteiger partial charge in [-0.15, -0.1) is 0 Å². The molecule has 0 unspecified atom stereocenters. The zero-order valence-electron chi connectivity index (χ0n) is 21.6. The summed E-state index contributed by atoms with van der Waals surface area (Å²) in [5, 5.41) is 3.04. The maximum absolute atomic E-state index is 12.7. The van der Waals surface area contributed by atoms with Gasteiger partial charge in [0, 0.05) is 33.6 Å². The van der Waals surface area contributed by atoms with E-state index in [4.69, 9.17) is 0 Å². The Labute approximate surface area is 203 Å². The SMILES string of the molecule is CCCCCCCCNC(=O)CCCCCCCCCCn1c(=O)c2c(ncn2C)n(C)c1=O. The number of unbranched alkanes of at least 4 members (excludes halogenated alkanes) is 12. The van der Waals surface area contributed by atoms with Crippen LogP contribution in [-0.4, -0.2) is 31.1 Å². The molecule has 0 saturated carbocycles. The first-order valence-electron chi connectivity index (χ1n) is 13.3. The van der Waals surface area contributed by atoms with Crippen molar-refractivity contribution in [3.05, 3.63) is 27.2 Å². The van der Waals surface area contributed by atoms with E-state index >= 15 is 0 Å². The molecule has 2 heterocycles. The lowest BCUT2D eigenvalue weighted by molar-refractivity contribution is -0.121. The van der Waals surface area contributed by atoms with Gasteiger partial charge in [0.1, 0.15) is 0 Å². The summed E-state index contributed by atoms with van der Waals surface area (Å²) in [7, 11) is 3.43. The molecular weight excluding hydrogens is 430 g/mol. The summed E-state index contributed by atoms with van der Waals surface area (Å²) in [4.78, 5) is 41.2. The molecule has 0 bridgehead atoms. The first kappa shape index (κ1) is 27.9. The number of rotatable bonds is 18. The molecule has 2 aromatic heterocycles. The van der Waals surface area contributed by atoms with Gasteiger partial charge in [-0.1, -0.05) is 77.6 Å². The zero-order valence-corrected chi connectivity index (χ0v) is 21.6. The number of carbonyl (C=O) groups is 1. The highest BCUT2D eigenvalue weighted by molar-refractivity contribution is 5.75. The minimum atomic E-state index is -0.299. The molecule has 0 spiro atoms. The molecule has 2 rings (SSSR count). The van der Waals surface area contributed by atoms with Crippen molar-refractivity contribution in [2.75, 3.05) is 6.54 Å². The molecule has 0 atom stereocenters. The van der Waals surface area contributed by atoms with E-state index in [1.165, 1.54) is 47.7 Å². The van der Waals surface area contributed by atoms with Crippen LogP contribution >= 0.6 is 0 Å². The number of aryl methyl sites for hydroxylation is 2. The van der Waals surface area contributed by atoms with Crippen LogP contribution in [0.2, 0.25) is 0 Å². The maximum Gasteiger partial charge on any atom is 0.332 e. The number of hydrogen-bond acceptors (Lipinski definition) is 4. The van der Waals surface area contributed by atoms with Crippen LogP contribution in [-0.2, 0) is 25.4 Å². The Balaban J connectivity index is 1.49. The molecule has 8 nitrogen and oxygen atoms in total. The normalized spacial score (nSPS) is 11.4. The molecule has 34 heavy (non-hydrogen) atoms. The third-order valence-corrected chi connectivity index (χ3v) is 6.59. The summed E-state index contributed by atoms with van der Waals surface area (Å²) in [6.45, 7) is 3.49. The van der Waals surface area contributed by atoms with E-state index in [0.717, 1.165) is 57.9 Å². The first-order chi connectivity index (χ1) is 16.5. The van der Waals surface area contributed by atoms with E-state index in [2.05, 4.69) is 17.2 Å². The predicted octanol–water partition coefficient (Wildman–Crippen LogP) is 4.42. The second kappa shape index (κ2) is 15.5. The summed E-state index contributed by atoms with van der Waals surface area (Å²) < 4.78 is 4.46. The number of carbonyl (C=O) groups excluding carboxylic acids is 1. The van der Waals surface area contributed by atoms with Gasteiger partial charge in [-0.2, -0.15) is 0 Å². The topological polar surface area (TPSA) is 90.9 Å². The third-order valence-electron chi connectivity index (χ3n) is 6.59. The number of hydrogen-bond donors (Lipinski definition) is 1. The van der Waals surface area contributed by atoms with Crippen LogP contribution in [0.5, 0.6) is 0 Å². The van der Waals surface area contributed by atoms with E-state index in [0.29, 0.717) is 24.1 Å². The average Bonchev–Trinajstić information content (AvgIpc) is 3.21. The van der Waals surface area contributed by atoms with E-state index < -0.39 is 0 Å². The van der Waals surface area contributed by atoms with Gasteiger partial charge in [0.25, 0.3) is 5.56 Å². The molecule has 192 valence electrons. The standard InChI is InChI=1S/C26H45N5O3/c1-4-5-6-7-13-16-19-27-22(32)18-15-12-10-8-9-11-14-17-20-31-25(33)23-24(28-21-29(23)2)30(3)26(31)34/h21H,4-20H2,1-3H3,(H,27,32). The summed E-state index contributed by atoms with van der Waals surface area (Å²) >= 11 is 0. The Morgan fingerprint density at radius 3 is 2.12 bits per heavy atom. The molecule has 0 aromatic carbocycles. The lowest BCUT2D eigenvalue weighted by Gasteiger charge is -2.08. The minimum Gasteiger partial charge on any atom is -0.356 e. The molecule has 0 aliphatic rings. The van der Waals surface area contributed by atoms with Gasteiger partial charge in [0.2, 0.25) is 5.91 Å². The molecule has 0 saturated heterocycles. The van der Waals surface area contributed by atoms with Gasteiger partial charge in [0.15, 0.2) is 11.2 Å². The molecule has 0 fully saturated rings. The van der Waals surface area contributed by atoms with Crippen molar-refractivity contribution >= 4 is 17.1 Å². The summed E-state index contributed by atoms with van der Waals surface area (Å²) in [6.07, 6.45) is 18.1. The number of fused-ring (bicyclic) bond motifs is 1. The average molecular weight is 476 g/mol. The summed E-state index contributed by atoms with van der Waals surface area (Å²) in [5.41, 5.74) is 0.351. The van der Waals surface area contributed by atoms with Gasteiger partial charge in [0.05, 0.1) is 6.33 Å². The molecular formula is C26H45N5O3. The Kier molecular flexibility index (Phi) is 12.7. The highest BCUT2D eigenvalue weighted by Crippen LogP contribution is 2.11. The van der Waals surface area contributed by atoms with Crippen molar-refractivity contribution in [3.8, 4) is 0 Å². The van der Waals surface area contributed by atoms with Crippen molar-refractivity contribution in [2.24, 2.45) is 14.1 Å². The fraction of sp³-hybridized carbons (Fsp3) is 0.769. The molecule has 8 heteroatoms. The van der Waals surface area contributed by atoms with Crippen LogP contribution in [0, 0.1) is 0 Å². The van der Waals surface area contributed by atoms with E-state index in [1.54, 1.807) is 25.0 Å². The maximum atomic E-state index is 12.7. The van der Waals surface area contributed by atoms with E-state index in [1.807, 2.05) is 0 Å². The monoisotopic (exact) mass is 475 g/mol. The Bertz CT molecular complexity index is 989. The van der Waals surface area contributed by atoms with Gasteiger partial charge in [-0.25, -0.2) is 9.78 Å². The first-order valence-corrected chi connectivity index (χ1v) is 13.3. The second-order valence-electron chi connectivity index (χ2n) is 9.52. The van der Waals surface area contributed by atoms with Crippen LogP contribution in [0.4, 0.5) is 0 Å². The Hall–Kier alpha value is -2.38. The van der Waals surface area contributed by atoms with Crippen molar-refractivity contribution in [2.45, 2.75) is 110 Å². The number of aromatic nitrogens is 4. The smallest absolute Gasteiger partial charge is 0.332 e. The Morgan fingerprint density at radius 2 is 1.44 bits per heavy atom. The molecule has 0 aliphatic carbocycles. The van der Waals surface area contributed by atoms with Gasteiger partial charge < -0.3 is 9.88 Å². The second-order valence-corrected chi connectivity index (χ2v) is 9.52. The van der Waals surface area contributed by atoms with E-state index in [-0.39, 0.29) is 17.2 Å². The fourth-order valence-corrected chi connectivity index (χ4v) is 4.43. The van der Waals surface area contributed by atoms with Gasteiger partial charge >= 0.3 is 5.69 Å². The minimum absolute atomic E-state index is 0.194. The zero-order chi connectivity index (χ0) is 24.8. The highest BCUT2D eigenvalue weighted by atomic mass is 16.2. The predicted molar refractivity (Wildman–Crippen MR) is 138 cm³/mol. The number of amides is 1. The van der Waals surface area contributed by atoms with Crippen LogP contribution in [0.15, 0.2) is 15.9 Å². The van der Waals surface area contributed by atoms with Crippen LogP contribution in [0.25, 0.3) is 11.2 Å². The quantitative estimate of drug-likeness (QED) is 0.323. The molecule has 1 N–H and O–H groups in total. The highest BCUT2D eigenvalue weighted by Gasteiger charge is 2.14. The molecule has 2 aromatic rings. The molecule has 0 radical (unpaired) electrons. The number of nitrogens with one attached hydrogen (secondary N) is 1.